The molecule has 5 heteroatoms. The Morgan fingerprint density at radius 3 is 3.00 bits per heavy atom. The van der Waals surface area contributed by atoms with Crippen LogP contribution in [0.1, 0.15) is 22.3 Å². The van der Waals surface area contributed by atoms with Gasteiger partial charge >= 0.3 is 0 Å². The summed E-state index contributed by atoms with van der Waals surface area (Å²) in [6.07, 6.45) is 3.59. The van der Waals surface area contributed by atoms with Gasteiger partial charge in [-0.2, -0.15) is 0 Å². The fourth-order valence-corrected chi connectivity index (χ4v) is 2.35. The topological polar surface area (TPSA) is 74.0 Å². The van der Waals surface area contributed by atoms with E-state index in [0.717, 1.165) is 25.1 Å². The first-order valence-corrected chi connectivity index (χ1v) is 6.60. The van der Waals surface area contributed by atoms with Gasteiger partial charge in [-0.15, -0.1) is 0 Å². The third-order valence-electron chi connectivity index (χ3n) is 3.36. The average molecular weight is 269 g/mol. The molecule has 2 aromatic rings. The van der Waals surface area contributed by atoms with Gasteiger partial charge in [-0.1, -0.05) is 0 Å². The maximum atomic E-state index is 12.1. The van der Waals surface area contributed by atoms with E-state index >= 15 is 0 Å². The van der Waals surface area contributed by atoms with E-state index in [9.17, 15) is 9.59 Å². The maximum Gasteiger partial charge on any atom is 0.261 e. The Morgan fingerprint density at radius 1 is 1.25 bits per heavy atom. The predicted octanol–water partition coefficient (Wildman–Crippen LogP) is 1.99. The SMILES string of the molecule is O=C(Nc1ccc2c(c1)CCCN2)c1ccc[nH]c1=O. The summed E-state index contributed by atoms with van der Waals surface area (Å²) in [5, 5.41) is 6.08. The number of hydrogen-bond donors (Lipinski definition) is 3. The van der Waals surface area contributed by atoms with Crippen molar-refractivity contribution in [3.8, 4) is 0 Å². The van der Waals surface area contributed by atoms with E-state index in [1.165, 1.54) is 17.8 Å². The van der Waals surface area contributed by atoms with E-state index in [1.54, 1.807) is 6.07 Å². The molecule has 0 fully saturated rings. The highest BCUT2D eigenvalue weighted by Crippen LogP contribution is 2.25. The van der Waals surface area contributed by atoms with Crippen LogP contribution in [-0.4, -0.2) is 17.4 Å². The Labute approximate surface area is 116 Å². The number of anilines is 2. The van der Waals surface area contributed by atoms with E-state index in [2.05, 4.69) is 15.6 Å². The summed E-state index contributed by atoms with van der Waals surface area (Å²) in [6, 6.07) is 8.89. The van der Waals surface area contributed by atoms with Crippen molar-refractivity contribution in [1.29, 1.82) is 0 Å². The van der Waals surface area contributed by atoms with E-state index in [4.69, 9.17) is 0 Å². The molecule has 20 heavy (non-hydrogen) atoms. The number of benzene rings is 1. The lowest BCUT2D eigenvalue weighted by Crippen LogP contribution is -2.22. The Morgan fingerprint density at radius 2 is 2.15 bits per heavy atom. The number of amides is 1. The summed E-state index contributed by atoms with van der Waals surface area (Å²) < 4.78 is 0. The van der Waals surface area contributed by atoms with Crippen molar-refractivity contribution in [2.45, 2.75) is 12.8 Å². The average Bonchev–Trinajstić information content (AvgIpc) is 2.47. The molecular weight excluding hydrogens is 254 g/mol. The molecule has 1 amide bonds. The second kappa shape index (κ2) is 5.21. The summed E-state index contributed by atoms with van der Waals surface area (Å²) in [5.74, 6) is -0.393. The van der Waals surface area contributed by atoms with Crippen LogP contribution in [0.4, 0.5) is 11.4 Å². The van der Waals surface area contributed by atoms with Crippen LogP contribution < -0.4 is 16.2 Å². The van der Waals surface area contributed by atoms with Crippen LogP contribution in [-0.2, 0) is 6.42 Å². The van der Waals surface area contributed by atoms with Gasteiger partial charge in [-0.3, -0.25) is 9.59 Å². The number of aryl methyl sites for hydroxylation is 1. The van der Waals surface area contributed by atoms with Gasteiger partial charge in [0.15, 0.2) is 0 Å². The van der Waals surface area contributed by atoms with Gasteiger partial charge in [0.25, 0.3) is 11.5 Å². The Kier molecular flexibility index (Phi) is 3.25. The summed E-state index contributed by atoms with van der Waals surface area (Å²) in [6.45, 7) is 0.984. The van der Waals surface area contributed by atoms with Crippen molar-refractivity contribution in [3.63, 3.8) is 0 Å². The molecule has 1 aromatic heterocycles. The van der Waals surface area contributed by atoms with E-state index in [-0.39, 0.29) is 11.1 Å². The minimum absolute atomic E-state index is 0.114. The zero-order valence-corrected chi connectivity index (χ0v) is 10.9. The number of carbonyl (C=O) groups excluding carboxylic acids is 1. The highest BCUT2D eigenvalue weighted by molar-refractivity contribution is 6.04. The fourth-order valence-electron chi connectivity index (χ4n) is 2.35. The molecule has 0 saturated heterocycles. The smallest absolute Gasteiger partial charge is 0.261 e. The number of rotatable bonds is 2. The molecule has 3 N–H and O–H groups in total. The Hall–Kier alpha value is -2.56. The standard InChI is InChI=1S/C15H15N3O2/c19-14-12(4-2-8-17-14)15(20)18-11-5-6-13-10(9-11)3-1-7-16-13/h2,4-6,8-9,16H,1,3,7H2,(H,17,19)(H,18,20). The quantitative estimate of drug-likeness (QED) is 0.780. The normalized spacial score (nSPS) is 13.2. The molecule has 0 unspecified atom stereocenters. The van der Waals surface area contributed by atoms with Crippen LogP contribution in [0.3, 0.4) is 0 Å². The molecule has 3 rings (SSSR count). The van der Waals surface area contributed by atoms with Gasteiger partial charge in [-0.05, 0) is 48.7 Å². The minimum atomic E-state index is -0.393. The number of fused-ring (bicyclic) bond motifs is 1. The molecule has 0 atom stereocenters. The van der Waals surface area contributed by atoms with Gasteiger partial charge in [0.2, 0.25) is 0 Å². The lowest BCUT2D eigenvalue weighted by Gasteiger charge is -2.18. The van der Waals surface area contributed by atoms with Crippen LogP contribution in [0.15, 0.2) is 41.3 Å². The number of aromatic amines is 1. The number of carbonyl (C=O) groups is 1. The molecule has 102 valence electrons. The van der Waals surface area contributed by atoms with Crippen LogP contribution >= 0.6 is 0 Å². The lowest BCUT2D eigenvalue weighted by molar-refractivity contribution is 0.102. The van der Waals surface area contributed by atoms with Gasteiger partial charge in [0.05, 0.1) is 0 Å². The van der Waals surface area contributed by atoms with Crippen molar-refractivity contribution < 1.29 is 4.79 Å². The highest BCUT2D eigenvalue weighted by atomic mass is 16.2. The van der Waals surface area contributed by atoms with Gasteiger partial charge < -0.3 is 15.6 Å². The monoisotopic (exact) mass is 269 g/mol. The lowest BCUT2D eigenvalue weighted by atomic mass is 10.0. The third-order valence-corrected chi connectivity index (χ3v) is 3.36. The van der Waals surface area contributed by atoms with Crippen molar-refractivity contribution in [3.05, 3.63) is 58.0 Å². The van der Waals surface area contributed by atoms with Gasteiger partial charge in [0, 0.05) is 24.1 Å². The predicted molar refractivity (Wildman–Crippen MR) is 78.3 cm³/mol. The fraction of sp³-hybridized carbons (Fsp3) is 0.200. The molecule has 0 radical (unpaired) electrons. The van der Waals surface area contributed by atoms with Crippen molar-refractivity contribution >= 4 is 17.3 Å². The molecule has 5 nitrogen and oxygen atoms in total. The van der Waals surface area contributed by atoms with Crippen molar-refractivity contribution in [2.24, 2.45) is 0 Å². The number of hydrogen-bond acceptors (Lipinski definition) is 3. The van der Waals surface area contributed by atoms with E-state index in [0.29, 0.717) is 5.69 Å². The van der Waals surface area contributed by atoms with Crippen molar-refractivity contribution in [1.82, 2.24) is 4.98 Å². The Balaban J connectivity index is 1.83. The van der Waals surface area contributed by atoms with Crippen LogP contribution in [0.5, 0.6) is 0 Å². The first kappa shape index (κ1) is 12.5. The van der Waals surface area contributed by atoms with E-state index in [1.807, 2.05) is 18.2 Å². The highest BCUT2D eigenvalue weighted by Gasteiger charge is 2.12. The molecule has 0 bridgehead atoms. The second-order valence-corrected chi connectivity index (χ2v) is 4.77. The first-order chi connectivity index (χ1) is 9.74. The molecular formula is C15H15N3O2. The van der Waals surface area contributed by atoms with Crippen LogP contribution in [0, 0.1) is 0 Å². The molecule has 0 spiro atoms. The summed E-state index contributed by atoms with van der Waals surface area (Å²) in [5.41, 5.74) is 2.75. The zero-order valence-electron chi connectivity index (χ0n) is 10.9. The Bertz CT molecular complexity index is 706. The maximum absolute atomic E-state index is 12.1. The molecule has 2 heterocycles. The summed E-state index contributed by atoms with van der Waals surface area (Å²) in [4.78, 5) is 26.1. The number of pyridine rings is 1. The molecule has 1 aliphatic rings. The number of aromatic nitrogens is 1. The van der Waals surface area contributed by atoms with Crippen LogP contribution in [0.2, 0.25) is 0 Å². The number of nitrogens with one attached hydrogen (secondary N) is 3. The minimum Gasteiger partial charge on any atom is -0.385 e. The van der Waals surface area contributed by atoms with Gasteiger partial charge in [0.1, 0.15) is 5.56 Å². The molecule has 0 saturated carbocycles. The first-order valence-electron chi connectivity index (χ1n) is 6.60. The largest absolute Gasteiger partial charge is 0.385 e. The molecule has 1 aromatic carbocycles. The summed E-state index contributed by atoms with van der Waals surface area (Å²) >= 11 is 0. The molecule has 1 aliphatic heterocycles. The second-order valence-electron chi connectivity index (χ2n) is 4.77. The van der Waals surface area contributed by atoms with E-state index < -0.39 is 5.91 Å². The van der Waals surface area contributed by atoms with Gasteiger partial charge in [-0.25, -0.2) is 0 Å². The zero-order chi connectivity index (χ0) is 13.9. The number of H-pyrrole nitrogens is 1. The van der Waals surface area contributed by atoms with Crippen LogP contribution in [0.25, 0.3) is 0 Å². The van der Waals surface area contributed by atoms with Crippen molar-refractivity contribution in [2.75, 3.05) is 17.2 Å². The molecule has 0 aliphatic carbocycles. The third kappa shape index (κ3) is 2.42. The summed E-state index contributed by atoms with van der Waals surface area (Å²) in [7, 11) is 0.